The Morgan fingerprint density at radius 2 is 1.86 bits per heavy atom. The highest BCUT2D eigenvalue weighted by Crippen LogP contribution is 2.25. The van der Waals surface area contributed by atoms with Crippen LogP contribution in [0.15, 0.2) is 70.9 Å². The normalized spacial score (nSPS) is 11.5. The lowest BCUT2D eigenvalue weighted by Gasteiger charge is -2.12. The molecule has 4 rings (SSSR count). The Morgan fingerprint density at radius 3 is 2.64 bits per heavy atom. The number of para-hydroxylation sites is 1. The monoisotopic (exact) mass is 411 g/mol. The number of aromatic nitrogens is 2. The second-order valence-electron chi connectivity index (χ2n) is 6.04. The van der Waals surface area contributed by atoms with Crippen molar-refractivity contribution in [3.63, 3.8) is 0 Å². The van der Waals surface area contributed by atoms with E-state index in [1.54, 1.807) is 23.5 Å². The quantitative estimate of drug-likeness (QED) is 0.446. The molecule has 9 heteroatoms. The minimum atomic E-state index is -3.79. The van der Waals surface area contributed by atoms with Gasteiger partial charge in [0.15, 0.2) is 0 Å². The van der Waals surface area contributed by atoms with E-state index in [0.717, 1.165) is 10.9 Å². The number of hydrogen-bond donors (Lipinski definition) is 3. The largest absolute Gasteiger partial charge is 0.364 e. The van der Waals surface area contributed by atoms with E-state index in [0.29, 0.717) is 24.0 Å². The summed E-state index contributed by atoms with van der Waals surface area (Å²) in [5.41, 5.74) is 1.31. The summed E-state index contributed by atoms with van der Waals surface area (Å²) in [6.45, 7) is 0.652. The maximum absolute atomic E-state index is 11.6. The molecule has 4 aromatic rings. The third kappa shape index (κ3) is 4.11. The Balaban J connectivity index is 1.67. The average Bonchev–Trinajstić information content (AvgIpc) is 3.19. The molecule has 0 saturated carbocycles. The molecule has 2 heterocycles. The van der Waals surface area contributed by atoms with Gasteiger partial charge in [0.25, 0.3) is 0 Å². The number of primary sulfonamides is 1. The van der Waals surface area contributed by atoms with Crippen LogP contribution in [0, 0.1) is 0 Å². The molecule has 7 nitrogen and oxygen atoms in total. The second kappa shape index (κ2) is 7.55. The lowest BCUT2D eigenvalue weighted by Crippen LogP contribution is -2.12. The van der Waals surface area contributed by atoms with E-state index in [1.165, 1.54) is 17.0 Å². The van der Waals surface area contributed by atoms with Crippen LogP contribution < -0.4 is 15.8 Å². The summed E-state index contributed by atoms with van der Waals surface area (Å²) in [5, 5.41) is 14.6. The predicted octanol–water partition coefficient (Wildman–Crippen LogP) is 3.69. The molecular formula is C19H17N5O2S2. The lowest BCUT2D eigenvalue weighted by molar-refractivity contribution is 0.598. The molecule has 0 fully saturated rings. The first-order valence-electron chi connectivity index (χ1n) is 8.42. The molecule has 0 radical (unpaired) electrons. The van der Waals surface area contributed by atoms with Gasteiger partial charge in [-0.15, -0.1) is 11.3 Å². The maximum Gasteiger partial charge on any atom is 0.238 e. The summed E-state index contributed by atoms with van der Waals surface area (Å²) in [6, 6.07) is 18.0. The van der Waals surface area contributed by atoms with Crippen LogP contribution in [0.4, 0.5) is 17.5 Å². The second-order valence-corrected chi connectivity index (χ2v) is 8.64. The van der Waals surface area contributed by atoms with Gasteiger partial charge in [0.05, 0.1) is 17.0 Å². The summed E-state index contributed by atoms with van der Waals surface area (Å²) in [6.07, 6.45) is 0. The van der Waals surface area contributed by atoms with E-state index < -0.39 is 10.0 Å². The number of rotatable bonds is 6. The molecule has 0 bridgehead atoms. The van der Waals surface area contributed by atoms with Gasteiger partial charge in [-0.05, 0) is 41.8 Å². The zero-order valence-electron chi connectivity index (χ0n) is 14.7. The van der Waals surface area contributed by atoms with Crippen molar-refractivity contribution in [2.75, 3.05) is 10.6 Å². The van der Waals surface area contributed by atoms with E-state index in [-0.39, 0.29) is 4.90 Å². The van der Waals surface area contributed by atoms with E-state index in [9.17, 15) is 8.42 Å². The Bertz CT molecular complexity index is 1220. The summed E-state index contributed by atoms with van der Waals surface area (Å²) in [5.74, 6) is 1.06. The van der Waals surface area contributed by atoms with Crippen molar-refractivity contribution in [3.8, 4) is 0 Å². The van der Waals surface area contributed by atoms with Crippen molar-refractivity contribution in [2.24, 2.45) is 5.14 Å². The minimum Gasteiger partial charge on any atom is -0.364 e. The summed E-state index contributed by atoms with van der Waals surface area (Å²) >= 11 is 1.67. The number of anilines is 3. The van der Waals surface area contributed by atoms with E-state index in [1.807, 2.05) is 35.7 Å². The SMILES string of the molecule is NS(=O)(=O)c1cccc(Nc2nc(NCc3cccs3)c3ccccc3n2)c1. The van der Waals surface area contributed by atoms with Crippen LogP contribution in [0.3, 0.4) is 0 Å². The topological polar surface area (TPSA) is 110 Å². The highest BCUT2D eigenvalue weighted by atomic mass is 32.2. The molecule has 0 spiro atoms. The standard InChI is InChI=1S/C19H17N5O2S2/c20-28(25,26)15-7-3-5-13(11-15)22-19-23-17-9-2-1-8-16(17)18(24-19)21-12-14-6-4-10-27-14/h1-11H,12H2,(H2,20,25,26)(H2,21,22,23,24). The minimum absolute atomic E-state index is 0.0225. The van der Waals surface area contributed by atoms with Gasteiger partial charge in [-0.2, -0.15) is 4.98 Å². The molecule has 142 valence electrons. The van der Waals surface area contributed by atoms with Gasteiger partial charge in [0.2, 0.25) is 16.0 Å². The van der Waals surface area contributed by atoms with Gasteiger partial charge in [0.1, 0.15) is 5.82 Å². The van der Waals surface area contributed by atoms with Crippen LogP contribution in [0.1, 0.15) is 4.88 Å². The predicted molar refractivity (Wildman–Crippen MR) is 112 cm³/mol. The van der Waals surface area contributed by atoms with Crippen LogP contribution in [0.25, 0.3) is 10.9 Å². The third-order valence-corrected chi connectivity index (χ3v) is 5.82. The number of fused-ring (bicyclic) bond motifs is 1. The number of sulfonamides is 1. The van der Waals surface area contributed by atoms with Gasteiger partial charge in [-0.1, -0.05) is 24.3 Å². The number of thiophene rings is 1. The Labute approximate surface area is 166 Å². The van der Waals surface area contributed by atoms with Crippen LogP contribution >= 0.6 is 11.3 Å². The average molecular weight is 412 g/mol. The van der Waals surface area contributed by atoms with Crippen LogP contribution in [0.5, 0.6) is 0 Å². The first-order chi connectivity index (χ1) is 13.5. The highest BCUT2D eigenvalue weighted by Gasteiger charge is 2.11. The zero-order chi connectivity index (χ0) is 19.6. The summed E-state index contributed by atoms with van der Waals surface area (Å²) in [7, 11) is -3.79. The van der Waals surface area contributed by atoms with Crippen LogP contribution in [0.2, 0.25) is 0 Å². The molecular weight excluding hydrogens is 394 g/mol. The molecule has 2 aromatic carbocycles. The summed E-state index contributed by atoms with van der Waals surface area (Å²) < 4.78 is 23.1. The Hall–Kier alpha value is -3.01. The van der Waals surface area contributed by atoms with Crippen molar-refractivity contribution in [3.05, 3.63) is 70.9 Å². The first-order valence-corrected chi connectivity index (χ1v) is 10.8. The molecule has 0 unspecified atom stereocenters. The fourth-order valence-electron chi connectivity index (χ4n) is 2.73. The maximum atomic E-state index is 11.6. The van der Waals surface area contributed by atoms with E-state index in [2.05, 4.69) is 26.7 Å². The molecule has 0 atom stereocenters. The fraction of sp³-hybridized carbons (Fsp3) is 0.0526. The van der Waals surface area contributed by atoms with Gasteiger partial charge < -0.3 is 10.6 Å². The van der Waals surface area contributed by atoms with E-state index >= 15 is 0 Å². The third-order valence-electron chi connectivity index (χ3n) is 4.03. The summed E-state index contributed by atoms with van der Waals surface area (Å²) in [4.78, 5) is 10.3. The highest BCUT2D eigenvalue weighted by molar-refractivity contribution is 7.89. The number of nitrogens with zero attached hydrogens (tertiary/aromatic N) is 2. The first kappa shape index (κ1) is 18.4. The van der Waals surface area contributed by atoms with Gasteiger partial charge in [0, 0.05) is 16.0 Å². The van der Waals surface area contributed by atoms with Crippen molar-refractivity contribution >= 4 is 49.7 Å². The van der Waals surface area contributed by atoms with Gasteiger partial charge in [-0.25, -0.2) is 18.5 Å². The molecule has 2 aromatic heterocycles. The van der Waals surface area contributed by atoms with Crippen molar-refractivity contribution in [1.29, 1.82) is 0 Å². The van der Waals surface area contributed by atoms with Crippen LogP contribution in [-0.4, -0.2) is 18.4 Å². The van der Waals surface area contributed by atoms with Crippen molar-refractivity contribution in [2.45, 2.75) is 11.4 Å². The molecule has 0 aliphatic rings. The molecule has 28 heavy (non-hydrogen) atoms. The Morgan fingerprint density at radius 1 is 1.00 bits per heavy atom. The van der Waals surface area contributed by atoms with Gasteiger partial charge >= 0.3 is 0 Å². The molecule has 0 saturated heterocycles. The number of benzene rings is 2. The number of nitrogens with one attached hydrogen (secondary N) is 2. The van der Waals surface area contributed by atoms with E-state index in [4.69, 9.17) is 5.14 Å². The smallest absolute Gasteiger partial charge is 0.238 e. The number of hydrogen-bond acceptors (Lipinski definition) is 7. The van der Waals surface area contributed by atoms with Crippen molar-refractivity contribution < 1.29 is 8.42 Å². The molecule has 4 N–H and O–H groups in total. The molecule has 0 amide bonds. The van der Waals surface area contributed by atoms with Crippen molar-refractivity contribution in [1.82, 2.24) is 9.97 Å². The number of nitrogens with two attached hydrogens (primary N) is 1. The van der Waals surface area contributed by atoms with Crippen LogP contribution in [-0.2, 0) is 16.6 Å². The van der Waals surface area contributed by atoms with Gasteiger partial charge in [-0.3, -0.25) is 0 Å². The molecule has 0 aliphatic heterocycles. The molecule has 0 aliphatic carbocycles. The Kier molecular flexibility index (Phi) is 4.95. The fourth-order valence-corrected chi connectivity index (χ4v) is 3.94. The lowest BCUT2D eigenvalue weighted by atomic mass is 10.2. The zero-order valence-corrected chi connectivity index (χ0v) is 16.3.